The molecule has 0 aliphatic carbocycles. The summed E-state index contributed by atoms with van der Waals surface area (Å²) < 4.78 is 0. The molecule has 0 fully saturated rings. The van der Waals surface area contributed by atoms with Crippen molar-refractivity contribution in [2.75, 3.05) is 0 Å². The van der Waals surface area contributed by atoms with Gasteiger partial charge in [-0.3, -0.25) is 4.79 Å². The molecule has 0 heterocycles. The second-order valence-corrected chi connectivity index (χ2v) is 5.95. The van der Waals surface area contributed by atoms with E-state index in [9.17, 15) is 4.79 Å². The summed E-state index contributed by atoms with van der Waals surface area (Å²) in [6.45, 7) is 4.75. The fraction of sp³-hybridized carbons (Fsp3) is 0.190. The number of carbonyl (C=O) groups is 1. The van der Waals surface area contributed by atoms with E-state index in [4.69, 9.17) is 5.11 Å². The largest absolute Gasteiger partial charge is 0.682 e. The Kier molecular flexibility index (Phi) is 6.74. The average molecular weight is 406 g/mol. The molecule has 0 saturated heterocycles. The van der Waals surface area contributed by atoms with Crippen molar-refractivity contribution in [3.63, 3.8) is 0 Å². The van der Waals surface area contributed by atoms with Gasteiger partial charge in [0.2, 0.25) is 0 Å². The molecule has 125 valence electrons. The molecule has 0 bridgehead atoms. The van der Waals surface area contributed by atoms with E-state index in [-0.39, 0.29) is 39.1 Å². The molecule has 3 aromatic rings. The molecule has 1 radical (unpaired) electrons. The SMILES string of the molecule is Cc1[c-]c(C[N-]c2ccc(CC(=O)O)cc2)c(C)c2ccccc12.[Y]. The summed E-state index contributed by atoms with van der Waals surface area (Å²) in [5.74, 6) is -0.823. The van der Waals surface area contributed by atoms with Crippen LogP contribution in [-0.4, -0.2) is 11.1 Å². The smallest absolute Gasteiger partial charge is 0.307 e. The normalized spacial score (nSPS) is 10.3. The van der Waals surface area contributed by atoms with Crippen molar-refractivity contribution in [2.24, 2.45) is 0 Å². The fourth-order valence-electron chi connectivity index (χ4n) is 2.91. The Morgan fingerprint density at radius 3 is 2.32 bits per heavy atom. The number of benzene rings is 3. The maximum absolute atomic E-state index is 10.7. The zero-order valence-electron chi connectivity index (χ0n) is 14.4. The molecule has 0 saturated carbocycles. The first kappa shape index (κ1) is 19.6. The van der Waals surface area contributed by atoms with E-state index in [0.717, 1.165) is 22.4 Å². The standard InChI is InChI=1S/C21H19NO2.Y/c1-14-11-17(15(2)20-6-4-3-5-19(14)20)13-22-18-9-7-16(8-10-18)12-21(23)24;/h3-10H,12-13H2,1-2H3,(H,23,24);/q-2;. The zero-order valence-corrected chi connectivity index (χ0v) is 17.3. The monoisotopic (exact) mass is 406 g/mol. The van der Waals surface area contributed by atoms with Crippen molar-refractivity contribution in [2.45, 2.75) is 26.8 Å². The van der Waals surface area contributed by atoms with Crippen LogP contribution in [0.1, 0.15) is 22.3 Å². The van der Waals surface area contributed by atoms with Crippen LogP contribution in [0.4, 0.5) is 5.69 Å². The Balaban J connectivity index is 0.00000225. The molecule has 0 aromatic heterocycles. The zero-order chi connectivity index (χ0) is 17.1. The van der Waals surface area contributed by atoms with Crippen LogP contribution >= 0.6 is 0 Å². The van der Waals surface area contributed by atoms with E-state index in [0.29, 0.717) is 6.54 Å². The topological polar surface area (TPSA) is 51.4 Å². The van der Waals surface area contributed by atoms with Gasteiger partial charge in [-0.15, -0.1) is 34.6 Å². The predicted molar refractivity (Wildman–Crippen MR) is 96.8 cm³/mol. The first-order valence-corrected chi connectivity index (χ1v) is 7.93. The molecule has 0 aliphatic rings. The molecule has 0 atom stereocenters. The average Bonchev–Trinajstić information content (AvgIpc) is 2.58. The number of aryl methyl sites for hydroxylation is 2. The van der Waals surface area contributed by atoms with Gasteiger partial charge in [0, 0.05) is 32.7 Å². The van der Waals surface area contributed by atoms with Gasteiger partial charge in [-0.1, -0.05) is 56.3 Å². The van der Waals surface area contributed by atoms with Gasteiger partial charge in [0.25, 0.3) is 0 Å². The fourth-order valence-corrected chi connectivity index (χ4v) is 2.91. The summed E-state index contributed by atoms with van der Waals surface area (Å²) in [4.78, 5) is 10.7. The third-order valence-electron chi connectivity index (χ3n) is 4.24. The van der Waals surface area contributed by atoms with Gasteiger partial charge in [-0.2, -0.15) is 17.2 Å². The third-order valence-corrected chi connectivity index (χ3v) is 4.24. The van der Waals surface area contributed by atoms with Gasteiger partial charge in [0.1, 0.15) is 0 Å². The molecular formula is C21H19NO2Y-2. The summed E-state index contributed by atoms with van der Waals surface area (Å²) in [5.41, 5.74) is 5.08. The Labute approximate surface area is 173 Å². The first-order valence-electron chi connectivity index (χ1n) is 7.93. The molecular weight excluding hydrogens is 387 g/mol. The van der Waals surface area contributed by atoms with Crippen molar-refractivity contribution in [3.8, 4) is 0 Å². The minimum atomic E-state index is -0.823. The molecule has 0 aliphatic heterocycles. The molecule has 0 amide bonds. The number of fused-ring (bicyclic) bond motifs is 1. The summed E-state index contributed by atoms with van der Waals surface area (Å²) in [6, 6.07) is 19.2. The first-order chi connectivity index (χ1) is 11.5. The quantitative estimate of drug-likeness (QED) is 0.601. The van der Waals surface area contributed by atoms with Crippen molar-refractivity contribution in [3.05, 3.63) is 82.2 Å². The third kappa shape index (κ3) is 4.68. The Bertz CT molecular complexity index is 888. The maximum atomic E-state index is 10.7. The van der Waals surface area contributed by atoms with E-state index in [1.54, 1.807) is 0 Å². The molecule has 1 N–H and O–H groups in total. The minimum absolute atomic E-state index is 0. The summed E-state index contributed by atoms with van der Waals surface area (Å²) >= 11 is 0. The minimum Gasteiger partial charge on any atom is -0.682 e. The van der Waals surface area contributed by atoms with E-state index in [2.05, 4.69) is 43.4 Å². The van der Waals surface area contributed by atoms with Crippen LogP contribution in [0.25, 0.3) is 16.1 Å². The number of nitrogens with zero attached hydrogens (tertiary/aromatic N) is 1. The van der Waals surface area contributed by atoms with E-state index in [1.807, 2.05) is 30.3 Å². The molecule has 0 unspecified atom stereocenters. The molecule has 3 nitrogen and oxygen atoms in total. The Hall–Kier alpha value is -1.71. The number of rotatable bonds is 5. The van der Waals surface area contributed by atoms with Crippen LogP contribution in [0, 0.1) is 19.9 Å². The van der Waals surface area contributed by atoms with Gasteiger partial charge in [0.15, 0.2) is 0 Å². The second-order valence-electron chi connectivity index (χ2n) is 5.95. The number of hydrogen-bond acceptors (Lipinski definition) is 1. The van der Waals surface area contributed by atoms with Crippen LogP contribution in [0.2, 0.25) is 0 Å². The van der Waals surface area contributed by atoms with E-state index < -0.39 is 5.97 Å². The molecule has 4 heteroatoms. The second kappa shape index (κ2) is 8.60. The van der Waals surface area contributed by atoms with Crippen molar-refractivity contribution in [1.29, 1.82) is 0 Å². The van der Waals surface area contributed by atoms with E-state index in [1.165, 1.54) is 16.3 Å². The van der Waals surface area contributed by atoms with E-state index >= 15 is 0 Å². The van der Waals surface area contributed by atoms with Gasteiger partial charge < -0.3 is 10.4 Å². The predicted octanol–water partition coefficient (Wildman–Crippen LogP) is 5.09. The Morgan fingerprint density at radius 1 is 1.04 bits per heavy atom. The van der Waals surface area contributed by atoms with Gasteiger partial charge in [-0.25, -0.2) is 0 Å². The summed E-state index contributed by atoms with van der Waals surface area (Å²) in [7, 11) is 0. The van der Waals surface area contributed by atoms with Crippen molar-refractivity contribution >= 4 is 22.4 Å². The molecule has 3 rings (SSSR count). The van der Waals surface area contributed by atoms with Crippen molar-refractivity contribution < 1.29 is 42.6 Å². The number of aliphatic carboxylic acids is 1. The van der Waals surface area contributed by atoms with Crippen LogP contribution in [0.15, 0.2) is 48.5 Å². The van der Waals surface area contributed by atoms with Gasteiger partial charge in [-0.05, 0) is 5.56 Å². The molecule has 25 heavy (non-hydrogen) atoms. The van der Waals surface area contributed by atoms with Crippen LogP contribution < -0.4 is 0 Å². The summed E-state index contributed by atoms with van der Waals surface area (Å²) in [5, 5.41) is 15.9. The number of carboxylic acids is 1. The van der Waals surface area contributed by atoms with Gasteiger partial charge in [0.05, 0.1) is 6.42 Å². The van der Waals surface area contributed by atoms with Crippen LogP contribution in [-0.2, 0) is 50.5 Å². The van der Waals surface area contributed by atoms with Crippen LogP contribution in [0.5, 0.6) is 0 Å². The van der Waals surface area contributed by atoms with Crippen molar-refractivity contribution in [1.82, 2.24) is 0 Å². The maximum Gasteiger partial charge on any atom is 0.307 e. The number of hydrogen-bond donors (Lipinski definition) is 1. The summed E-state index contributed by atoms with van der Waals surface area (Å²) in [6.07, 6.45) is 0.0387. The molecule has 3 aromatic carbocycles. The molecule has 0 spiro atoms. The Morgan fingerprint density at radius 2 is 1.68 bits per heavy atom. The van der Waals surface area contributed by atoms with Gasteiger partial charge >= 0.3 is 5.97 Å². The van der Waals surface area contributed by atoms with Crippen LogP contribution in [0.3, 0.4) is 0 Å². The number of carboxylic acid groups (broad SMARTS) is 1.